The molecule has 0 amide bonds. The molecule has 1 atom stereocenters. The zero-order valence-corrected chi connectivity index (χ0v) is 15.9. The number of nitrogens with one attached hydrogen (secondary N) is 1. The molecule has 1 aromatic carbocycles. The van der Waals surface area contributed by atoms with Crippen molar-refractivity contribution >= 4 is 42.1 Å². The van der Waals surface area contributed by atoms with Crippen LogP contribution in [0, 0.1) is 0 Å². The summed E-state index contributed by atoms with van der Waals surface area (Å²) >= 11 is 1.77. The lowest BCUT2D eigenvalue weighted by Gasteiger charge is -2.34. The molecule has 2 aromatic rings. The van der Waals surface area contributed by atoms with E-state index in [9.17, 15) is 4.79 Å². The number of hydrogen-bond donors (Lipinski definition) is 1. The van der Waals surface area contributed by atoms with Crippen LogP contribution in [-0.2, 0) is 4.79 Å². The van der Waals surface area contributed by atoms with Crippen LogP contribution in [-0.4, -0.2) is 37.0 Å². The SMILES string of the molecule is CC(=O)Oc1cccc([C@@H](c2cccs2)N2CCNCC2)c1.Cl.Cl. The molecule has 2 heterocycles. The number of carbonyl (C=O) groups is 1. The normalized spacial score (nSPS) is 15.7. The van der Waals surface area contributed by atoms with Crippen LogP contribution in [0.3, 0.4) is 0 Å². The summed E-state index contributed by atoms with van der Waals surface area (Å²) in [5.41, 5.74) is 1.17. The summed E-state index contributed by atoms with van der Waals surface area (Å²) in [6.45, 7) is 5.47. The van der Waals surface area contributed by atoms with Crippen LogP contribution in [0.4, 0.5) is 0 Å². The molecule has 1 aromatic heterocycles. The minimum Gasteiger partial charge on any atom is -0.427 e. The number of piperazine rings is 1. The fourth-order valence-corrected chi connectivity index (χ4v) is 3.74. The monoisotopic (exact) mass is 388 g/mol. The largest absolute Gasteiger partial charge is 0.427 e. The summed E-state index contributed by atoms with van der Waals surface area (Å²) in [5, 5.41) is 5.51. The number of rotatable bonds is 4. The van der Waals surface area contributed by atoms with Gasteiger partial charge in [-0.2, -0.15) is 0 Å². The van der Waals surface area contributed by atoms with Crippen molar-refractivity contribution in [2.75, 3.05) is 26.2 Å². The zero-order valence-electron chi connectivity index (χ0n) is 13.4. The molecular formula is C17H22Cl2N2O2S. The molecule has 0 spiro atoms. The Labute approximate surface area is 159 Å². The van der Waals surface area contributed by atoms with Crippen LogP contribution in [0.15, 0.2) is 41.8 Å². The first-order chi connectivity index (χ1) is 10.7. The molecule has 1 aliphatic rings. The number of nitrogens with zero attached hydrogens (tertiary/aromatic N) is 1. The second-order valence-electron chi connectivity index (χ2n) is 5.37. The number of benzene rings is 1. The molecule has 0 unspecified atom stereocenters. The van der Waals surface area contributed by atoms with Gasteiger partial charge in [0.15, 0.2) is 0 Å². The Morgan fingerprint density at radius 1 is 1.21 bits per heavy atom. The highest BCUT2D eigenvalue weighted by Gasteiger charge is 2.25. The molecule has 3 rings (SSSR count). The average Bonchev–Trinajstić information content (AvgIpc) is 3.02. The van der Waals surface area contributed by atoms with Gasteiger partial charge in [-0.3, -0.25) is 9.69 Å². The van der Waals surface area contributed by atoms with E-state index in [4.69, 9.17) is 4.74 Å². The van der Waals surface area contributed by atoms with Gasteiger partial charge in [-0.15, -0.1) is 36.2 Å². The Morgan fingerprint density at radius 3 is 2.58 bits per heavy atom. The van der Waals surface area contributed by atoms with E-state index in [-0.39, 0.29) is 36.8 Å². The molecule has 1 fully saturated rings. The first-order valence-corrected chi connectivity index (χ1v) is 8.38. The maximum Gasteiger partial charge on any atom is 0.308 e. The van der Waals surface area contributed by atoms with E-state index in [2.05, 4.69) is 33.8 Å². The summed E-state index contributed by atoms with van der Waals surface area (Å²) in [5.74, 6) is 0.327. The van der Waals surface area contributed by atoms with Crippen LogP contribution in [0.2, 0.25) is 0 Å². The molecule has 1 saturated heterocycles. The third-order valence-corrected chi connectivity index (χ3v) is 4.69. The van der Waals surface area contributed by atoms with Crippen LogP contribution in [0.25, 0.3) is 0 Å². The Hall–Kier alpha value is -1.11. The molecule has 0 radical (unpaired) electrons. The molecule has 4 nitrogen and oxygen atoms in total. The van der Waals surface area contributed by atoms with Gasteiger partial charge in [0.25, 0.3) is 0 Å². The van der Waals surface area contributed by atoms with Crippen molar-refractivity contribution in [3.05, 3.63) is 52.2 Å². The Morgan fingerprint density at radius 2 is 1.96 bits per heavy atom. The molecule has 132 valence electrons. The molecule has 24 heavy (non-hydrogen) atoms. The van der Waals surface area contributed by atoms with Gasteiger partial charge in [0.1, 0.15) is 5.75 Å². The number of carbonyl (C=O) groups excluding carboxylic acids is 1. The predicted molar refractivity (Wildman–Crippen MR) is 103 cm³/mol. The maximum absolute atomic E-state index is 11.2. The van der Waals surface area contributed by atoms with Crippen molar-refractivity contribution in [2.45, 2.75) is 13.0 Å². The van der Waals surface area contributed by atoms with E-state index in [0.717, 1.165) is 26.2 Å². The summed E-state index contributed by atoms with van der Waals surface area (Å²) < 4.78 is 5.24. The lowest BCUT2D eigenvalue weighted by atomic mass is 10.0. The Bertz CT molecular complexity index is 631. The molecule has 7 heteroatoms. The van der Waals surface area contributed by atoms with Gasteiger partial charge in [0.05, 0.1) is 6.04 Å². The molecule has 0 saturated carbocycles. The zero-order chi connectivity index (χ0) is 15.4. The Balaban J connectivity index is 0.00000144. The van der Waals surface area contributed by atoms with E-state index in [0.29, 0.717) is 5.75 Å². The number of thiophene rings is 1. The van der Waals surface area contributed by atoms with Crippen LogP contribution < -0.4 is 10.1 Å². The van der Waals surface area contributed by atoms with Crippen molar-refractivity contribution in [3.8, 4) is 5.75 Å². The number of esters is 1. The fourth-order valence-electron chi connectivity index (χ4n) is 2.86. The van der Waals surface area contributed by atoms with E-state index in [1.807, 2.05) is 18.2 Å². The van der Waals surface area contributed by atoms with Gasteiger partial charge < -0.3 is 10.1 Å². The lowest BCUT2D eigenvalue weighted by molar-refractivity contribution is -0.131. The van der Waals surface area contributed by atoms with Crippen molar-refractivity contribution in [1.82, 2.24) is 10.2 Å². The molecule has 0 aliphatic carbocycles. The predicted octanol–water partition coefficient (Wildman–Crippen LogP) is 3.51. The highest BCUT2D eigenvalue weighted by Crippen LogP contribution is 2.33. The summed E-state index contributed by atoms with van der Waals surface area (Å²) in [6.07, 6.45) is 0. The molecule has 1 aliphatic heterocycles. The smallest absolute Gasteiger partial charge is 0.308 e. The fraction of sp³-hybridized carbons (Fsp3) is 0.353. The van der Waals surface area contributed by atoms with Crippen LogP contribution >= 0.6 is 36.2 Å². The Kier molecular flexibility index (Phi) is 8.73. The van der Waals surface area contributed by atoms with Crippen LogP contribution in [0.5, 0.6) is 5.75 Å². The van der Waals surface area contributed by atoms with E-state index in [1.54, 1.807) is 11.3 Å². The summed E-state index contributed by atoms with van der Waals surface area (Å²) in [4.78, 5) is 15.0. The quantitative estimate of drug-likeness (QED) is 0.642. The van der Waals surface area contributed by atoms with Crippen molar-refractivity contribution < 1.29 is 9.53 Å². The van der Waals surface area contributed by atoms with Crippen molar-refractivity contribution in [1.29, 1.82) is 0 Å². The van der Waals surface area contributed by atoms with Gasteiger partial charge in [0.2, 0.25) is 0 Å². The minimum absolute atomic E-state index is 0. The first kappa shape index (κ1) is 20.9. The third kappa shape index (κ3) is 5.19. The third-order valence-electron chi connectivity index (χ3n) is 3.76. The van der Waals surface area contributed by atoms with Crippen molar-refractivity contribution in [3.63, 3.8) is 0 Å². The number of ether oxygens (including phenoxy) is 1. The number of halogens is 2. The van der Waals surface area contributed by atoms with Gasteiger partial charge >= 0.3 is 5.97 Å². The first-order valence-electron chi connectivity index (χ1n) is 7.50. The van der Waals surface area contributed by atoms with Gasteiger partial charge in [0, 0.05) is 38.0 Å². The van der Waals surface area contributed by atoms with Gasteiger partial charge in [-0.1, -0.05) is 18.2 Å². The maximum atomic E-state index is 11.2. The minimum atomic E-state index is -0.285. The molecule has 1 N–H and O–H groups in total. The van der Waals surface area contributed by atoms with E-state index >= 15 is 0 Å². The highest BCUT2D eigenvalue weighted by molar-refractivity contribution is 7.10. The second kappa shape index (κ2) is 10.0. The summed E-state index contributed by atoms with van der Waals surface area (Å²) in [6, 6.07) is 12.4. The van der Waals surface area contributed by atoms with Gasteiger partial charge in [-0.05, 0) is 29.1 Å². The molecular weight excluding hydrogens is 367 g/mol. The second-order valence-corrected chi connectivity index (χ2v) is 6.35. The topological polar surface area (TPSA) is 41.6 Å². The standard InChI is InChI=1S/C17H20N2O2S.2ClH/c1-13(20)21-15-5-2-4-14(12-15)17(16-6-3-11-22-16)19-9-7-18-8-10-19;;/h2-6,11-12,17-18H,7-10H2,1H3;2*1H/t17-;;/m0../s1. The highest BCUT2D eigenvalue weighted by atomic mass is 35.5. The summed E-state index contributed by atoms with van der Waals surface area (Å²) in [7, 11) is 0. The van der Waals surface area contributed by atoms with Crippen molar-refractivity contribution in [2.24, 2.45) is 0 Å². The average molecular weight is 389 g/mol. The molecule has 0 bridgehead atoms. The van der Waals surface area contributed by atoms with Gasteiger partial charge in [-0.25, -0.2) is 0 Å². The lowest BCUT2D eigenvalue weighted by Crippen LogP contribution is -2.45. The number of hydrogen-bond acceptors (Lipinski definition) is 5. The van der Waals surface area contributed by atoms with Crippen LogP contribution in [0.1, 0.15) is 23.4 Å². The van der Waals surface area contributed by atoms with E-state index in [1.165, 1.54) is 17.4 Å². The van der Waals surface area contributed by atoms with E-state index < -0.39 is 0 Å².